The maximum Gasteiger partial charge on any atom is 0.338 e. The summed E-state index contributed by atoms with van der Waals surface area (Å²) in [5.41, 5.74) is 0.873. The van der Waals surface area contributed by atoms with Crippen LogP contribution in [0.25, 0.3) is 0 Å². The van der Waals surface area contributed by atoms with Crippen LogP contribution in [0.3, 0.4) is 0 Å². The molecule has 64 valence electrons. The van der Waals surface area contributed by atoms with Crippen LogP contribution in [0.2, 0.25) is 0 Å². The largest absolute Gasteiger partial charge is 0.479 e. The Labute approximate surface area is 69.5 Å². The third kappa shape index (κ3) is 1.60. The smallest absolute Gasteiger partial charge is 0.338 e. The average molecular weight is 167 g/mol. The topological polar surface area (TPSA) is 70.4 Å². The Kier molecular flexibility index (Phi) is 2.40. The molecule has 1 aromatic rings. The third-order valence-electron chi connectivity index (χ3n) is 1.54. The van der Waals surface area contributed by atoms with Gasteiger partial charge in [0.1, 0.15) is 0 Å². The van der Waals surface area contributed by atoms with Gasteiger partial charge in [-0.3, -0.25) is 4.98 Å². The standard InChI is InChI=1S/C8H9NO3/c1-5-3-2-4-9-6(5)7(10)8(11)12/h2-4,7,10H,1H3,(H,11,12)/t7-/m1/s1. The monoisotopic (exact) mass is 167 g/mol. The molecule has 0 amide bonds. The maximum atomic E-state index is 10.4. The highest BCUT2D eigenvalue weighted by molar-refractivity contribution is 5.73. The van der Waals surface area contributed by atoms with E-state index >= 15 is 0 Å². The fraction of sp³-hybridized carbons (Fsp3) is 0.250. The van der Waals surface area contributed by atoms with Crippen molar-refractivity contribution in [2.24, 2.45) is 0 Å². The Morgan fingerprint density at radius 3 is 2.83 bits per heavy atom. The Hall–Kier alpha value is -1.42. The first-order valence-corrected chi connectivity index (χ1v) is 3.45. The molecule has 4 heteroatoms. The summed E-state index contributed by atoms with van der Waals surface area (Å²) in [7, 11) is 0. The molecule has 12 heavy (non-hydrogen) atoms. The minimum atomic E-state index is -1.52. The SMILES string of the molecule is Cc1cccnc1[C@@H](O)C(=O)O. The summed E-state index contributed by atoms with van der Waals surface area (Å²) in [6.07, 6.45) is -0.0692. The molecule has 0 aromatic carbocycles. The van der Waals surface area contributed by atoms with E-state index in [-0.39, 0.29) is 5.69 Å². The minimum absolute atomic E-state index is 0.199. The number of carbonyl (C=O) groups is 1. The summed E-state index contributed by atoms with van der Waals surface area (Å²) >= 11 is 0. The molecule has 0 unspecified atom stereocenters. The molecular formula is C8H9NO3. The normalized spacial score (nSPS) is 12.5. The number of hydrogen-bond acceptors (Lipinski definition) is 3. The summed E-state index contributed by atoms with van der Waals surface area (Å²) in [5.74, 6) is -1.28. The quantitative estimate of drug-likeness (QED) is 0.673. The van der Waals surface area contributed by atoms with Crippen molar-refractivity contribution in [3.05, 3.63) is 29.6 Å². The molecule has 4 nitrogen and oxygen atoms in total. The van der Waals surface area contributed by atoms with Gasteiger partial charge in [0.15, 0.2) is 6.10 Å². The minimum Gasteiger partial charge on any atom is -0.479 e. The van der Waals surface area contributed by atoms with Crippen LogP contribution in [0, 0.1) is 6.92 Å². The molecule has 0 saturated carbocycles. The second-order valence-electron chi connectivity index (χ2n) is 2.45. The maximum absolute atomic E-state index is 10.4. The van der Waals surface area contributed by atoms with E-state index in [9.17, 15) is 4.79 Å². The molecule has 0 spiro atoms. The number of aryl methyl sites for hydroxylation is 1. The van der Waals surface area contributed by atoms with Gasteiger partial charge in [-0.25, -0.2) is 4.79 Å². The highest BCUT2D eigenvalue weighted by atomic mass is 16.4. The van der Waals surface area contributed by atoms with Crippen molar-refractivity contribution in [2.45, 2.75) is 13.0 Å². The van der Waals surface area contributed by atoms with Gasteiger partial charge in [0.05, 0.1) is 5.69 Å². The summed E-state index contributed by atoms with van der Waals surface area (Å²) in [6, 6.07) is 3.39. The molecule has 0 aliphatic carbocycles. The fourth-order valence-corrected chi connectivity index (χ4v) is 0.901. The van der Waals surface area contributed by atoms with Crippen LogP contribution in [0.4, 0.5) is 0 Å². The van der Waals surface area contributed by atoms with Crippen LogP contribution in [0.1, 0.15) is 17.4 Å². The van der Waals surface area contributed by atoms with Gasteiger partial charge in [-0.05, 0) is 18.6 Å². The van der Waals surface area contributed by atoms with E-state index in [1.807, 2.05) is 0 Å². The van der Waals surface area contributed by atoms with E-state index in [0.29, 0.717) is 5.56 Å². The van der Waals surface area contributed by atoms with Gasteiger partial charge < -0.3 is 10.2 Å². The molecule has 0 fully saturated rings. The second kappa shape index (κ2) is 3.32. The number of aromatic nitrogens is 1. The summed E-state index contributed by atoms with van der Waals surface area (Å²) in [6.45, 7) is 1.70. The predicted octanol–water partition coefficient (Wildman–Crippen LogP) is 0.508. The van der Waals surface area contributed by atoms with Gasteiger partial charge >= 0.3 is 5.97 Å². The number of carboxylic acid groups (broad SMARTS) is 1. The van der Waals surface area contributed by atoms with E-state index in [4.69, 9.17) is 10.2 Å². The molecule has 0 radical (unpaired) electrons. The van der Waals surface area contributed by atoms with Crippen molar-refractivity contribution in [3.63, 3.8) is 0 Å². The van der Waals surface area contributed by atoms with Crippen LogP contribution >= 0.6 is 0 Å². The fourth-order valence-electron chi connectivity index (χ4n) is 0.901. The van der Waals surface area contributed by atoms with Crippen LogP contribution < -0.4 is 0 Å². The second-order valence-corrected chi connectivity index (χ2v) is 2.45. The van der Waals surface area contributed by atoms with E-state index < -0.39 is 12.1 Å². The van der Waals surface area contributed by atoms with Crippen molar-refractivity contribution < 1.29 is 15.0 Å². The highest BCUT2D eigenvalue weighted by Crippen LogP contribution is 2.13. The van der Waals surface area contributed by atoms with Crippen molar-refractivity contribution in [2.75, 3.05) is 0 Å². The summed E-state index contributed by atoms with van der Waals surface area (Å²) in [4.78, 5) is 14.1. The zero-order valence-electron chi connectivity index (χ0n) is 6.56. The first-order valence-electron chi connectivity index (χ1n) is 3.45. The lowest BCUT2D eigenvalue weighted by Crippen LogP contribution is -2.13. The van der Waals surface area contributed by atoms with Gasteiger partial charge in [0.2, 0.25) is 0 Å². The summed E-state index contributed by atoms with van der Waals surface area (Å²) < 4.78 is 0. The number of aliphatic hydroxyl groups is 1. The number of carboxylic acids is 1. The number of pyridine rings is 1. The highest BCUT2D eigenvalue weighted by Gasteiger charge is 2.18. The van der Waals surface area contributed by atoms with Gasteiger partial charge in [-0.2, -0.15) is 0 Å². The van der Waals surface area contributed by atoms with Gasteiger partial charge in [0.25, 0.3) is 0 Å². The van der Waals surface area contributed by atoms with Gasteiger partial charge in [-0.1, -0.05) is 6.07 Å². The zero-order chi connectivity index (χ0) is 9.14. The van der Waals surface area contributed by atoms with Crippen LogP contribution in [-0.4, -0.2) is 21.2 Å². The Balaban J connectivity index is 3.02. The van der Waals surface area contributed by atoms with Crippen molar-refractivity contribution in [1.29, 1.82) is 0 Å². The summed E-state index contributed by atoms with van der Waals surface area (Å²) in [5, 5.41) is 17.6. The van der Waals surface area contributed by atoms with Crippen molar-refractivity contribution in [1.82, 2.24) is 4.98 Å². The van der Waals surface area contributed by atoms with Gasteiger partial charge in [-0.15, -0.1) is 0 Å². The van der Waals surface area contributed by atoms with Crippen molar-refractivity contribution >= 4 is 5.97 Å². The average Bonchev–Trinajstić information content (AvgIpc) is 2.04. The van der Waals surface area contributed by atoms with E-state index in [2.05, 4.69) is 4.98 Å². The van der Waals surface area contributed by atoms with E-state index in [0.717, 1.165) is 0 Å². The van der Waals surface area contributed by atoms with Gasteiger partial charge in [0, 0.05) is 6.20 Å². The molecule has 1 atom stereocenters. The number of nitrogens with zero attached hydrogens (tertiary/aromatic N) is 1. The molecule has 2 N–H and O–H groups in total. The van der Waals surface area contributed by atoms with E-state index in [1.54, 1.807) is 19.1 Å². The van der Waals surface area contributed by atoms with Crippen molar-refractivity contribution in [3.8, 4) is 0 Å². The van der Waals surface area contributed by atoms with Crippen LogP contribution in [0.15, 0.2) is 18.3 Å². The number of hydrogen-bond donors (Lipinski definition) is 2. The lowest BCUT2D eigenvalue weighted by Gasteiger charge is -2.06. The Morgan fingerprint density at radius 1 is 1.67 bits per heavy atom. The molecular weight excluding hydrogens is 158 g/mol. The number of rotatable bonds is 2. The lowest BCUT2D eigenvalue weighted by atomic mass is 10.1. The Bertz CT molecular complexity index is 298. The third-order valence-corrected chi connectivity index (χ3v) is 1.54. The molecule has 1 rings (SSSR count). The Morgan fingerprint density at radius 2 is 2.33 bits per heavy atom. The van der Waals surface area contributed by atoms with E-state index in [1.165, 1.54) is 6.20 Å². The van der Waals surface area contributed by atoms with Crippen LogP contribution in [-0.2, 0) is 4.79 Å². The molecule has 0 aliphatic rings. The first-order chi connectivity index (χ1) is 5.63. The predicted molar refractivity (Wildman–Crippen MR) is 41.6 cm³/mol. The molecule has 0 bridgehead atoms. The molecule has 1 aromatic heterocycles. The number of aliphatic carboxylic acids is 1. The van der Waals surface area contributed by atoms with Crippen LogP contribution in [0.5, 0.6) is 0 Å². The number of aliphatic hydroxyl groups excluding tert-OH is 1. The molecule has 0 saturated heterocycles. The zero-order valence-corrected chi connectivity index (χ0v) is 6.56. The molecule has 0 aliphatic heterocycles. The molecule has 1 heterocycles. The first kappa shape index (κ1) is 8.67. The lowest BCUT2D eigenvalue weighted by molar-refractivity contribution is -0.147.